The maximum Gasteiger partial charge on any atom is 0.239 e. The highest BCUT2D eigenvalue weighted by molar-refractivity contribution is 5.93. The number of piperidine rings is 1. The van der Waals surface area contributed by atoms with Crippen LogP contribution in [0.4, 0.5) is 5.82 Å². The monoisotopic (exact) mass is 380 g/mol. The van der Waals surface area contributed by atoms with Crippen LogP contribution in [0.15, 0.2) is 24.3 Å². The average molecular weight is 380 g/mol. The molecule has 1 N–H and O–H groups in total. The van der Waals surface area contributed by atoms with Crippen molar-refractivity contribution in [3.8, 4) is 17.5 Å². The molecule has 1 amide bonds. The predicted molar refractivity (Wildman–Crippen MR) is 110 cm³/mol. The van der Waals surface area contributed by atoms with Crippen molar-refractivity contribution in [1.82, 2.24) is 9.47 Å². The number of ether oxygens (including phenoxy) is 1. The molecule has 0 bridgehead atoms. The van der Waals surface area contributed by atoms with Gasteiger partial charge in [-0.25, -0.2) is 0 Å². The summed E-state index contributed by atoms with van der Waals surface area (Å²) in [6.07, 6.45) is 2.24. The SMILES string of the molecule is COc1ccc(-n2c(C)c(C)c(C#N)c2NC(=O)CN2CCC(C)CC2)cc1. The van der Waals surface area contributed by atoms with E-state index in [4.69, 9.17) is 4.74 Å². The molecule has 1 fully saturated rings. The van der Waals surface area contributed by atoms with Crippen molar-refractivity contribution in [1.29, 1.82) is 5.26 Å². The van der Waals surface area contributed by atoms with Crippen molar-refractivity contribution in [3.63, 3.8) is 0 Å². The van der Waals surface area contributed by atoms with Crippen molar-refractivity contribution in [2.75, 3.05) is 32.1 Å². The van der Waals surface area contributed by atoms with E-state index in [1.54, 1.807) is 7.11 Å². The molecule has 1 aromatic carbocycles. The number of rotatable bonds is 5. The fourth-order valence-electron chi connectivity index (χ4n) is 3.71. The highest BCUT2D eigenvalue weighted by Crippen LogP contribution is 2.30. The minimum atomic E-state index is -0.0849. The zero-order valence-corrected chi connectivity index (χ0v) is 17.1. The molecule has 2 aromatic rings. The molecule has 3 rings (SSSR count). The van der Waals surface area contributed by atoms with Gasteiger partial charge in [0.15, 0.2) is 0 Å². The predicted octanol–water partition coefficient (Wildman–Crippen LogP) is 3.64. The van der Waals surface area contributed by atoms with E-state index in [-0.39, 0.29) is 5.91 Å². The number of carbonyl (C=O) groups excluding carboxylic acids is 1. The second-order valence-corrected chi connectivity index (χ2v) is 7.59. The third-order valence-electron chi connectivity index (χ3n) is 5.66. The number of nitriles is 1. The summed E-state index contributed by atoms with van der Waals surface area (Å²) in [7, 11) is 1.63. The van der Waals surface area contributed by atoms with E-state index in [0.717, 1.165) is 54.5 Å². The smallest absolute Gasteiger partial charge is 0.239 e. The Morgan fingerprint density at radius 3 is 2.46 bits per heavy atom. The molecule has 148 valence electrons. The lowest BCUT2D eigenvalue weighted by Crippen LogP contribution is -2.39. The maximum absolute atomic E-state index is 12.7. The summed E-state index contributed by atoms with van der Waals surface area (Å²) >= 11 is 0. The molecule has 2 heterocycles. The largest absolute Gasteiger partial charge is 0.497 e. The number of hydrogen-bond donors (Lipinski definition) is 1. The summed E-state index contributed by atoms with van der Waals surface area (Å²) in [4.78, 5) is 14.9. The van der Waals surface area contributed by atoms with Crippen LogP contribution < -0.4 is 10.1 Å². The third kappa shape index (κ3) is 4.05. The van der Waals surface area contributed by atoms with Crippen LogP contribution in [0, 0.1) is 31.1 Å². The van der Waals surface area contributed by atoms with Gasteiger partial charge >= 0.3 is 0 Å². The number of aromatic nitrogens is 1. The van der Waals surface area contributed by atoms with Gasteiger partial charge in [-0.05, 0) is 75.5 Å². The van der Waals surface area contributed by atoms with Crippen LogP contribution in [0.3, 0.4) is 0 Å². The van der Waals surface area contributed by atoms with E-state index >= 15 is 0 Å². The minimum Gasteiger partial charge on any atom is -0.497 e. The summed E-state index contributed by atoms with van der Waals surface area (Å²) in [5.41, 5.74) is 3.20. The van der Waals surface area contributed by atoms with E-state index in [2.05, 4.69) is 23.2 Å². The Bertz CT molecular complexity index is 885. The van der Waals surface area contributed by atoms with Gasteiger partial charge in [-0.1, -0.05) is 6.92 Å². The van der Waals surface area contributed by atoms with Gasteiger partial charge in [-0.15, -0.1) is 0 Å². The van der Waals surface area contributed by atoms with Gasteiger partial charge < -0.3 is 10.1 Å². The zero-order chi connectivity index (χ0) is 20.3. The summed E-state index contributed by atoms with van der Waals surface area (Å²) in [5, 5.41) is 12.7. The minimum absolute atomic E-state index is 0.0849. The van der Waals surface area contributed by atoms with Gasteiger partial charge in [0.2, 0.25) is 5.91 Å². The Kier molecular flexibility index (Phi) is 6.05. The number of likely N-dealkylation sites (tertiary alicyclic amines) is 1. The summed E-state index contributed by atoms with van der Waals surface area (Å²) in [5.74, 6) is 1.94. The second-order valence-electron chi connectivity index (χ2n) is 7.59. The maximum atomic E-state index is 12.7. The van der Waals surface area contributed by atoms with Gasteiger partial charge in [0.25, 0.3) is 0 Å². The molecule has 0 unspecified atom stereocenters. The summed E-state index contributed by atoms with van der Waals surface area (Å²) < 4.78 is 7.17. The summed E-state index contributed by atoms with van der Waals surface area (Å²) in [6.45, 7) is 8.36. The molecular weight excluding hydrogens is 352 g/mol. The van der Waals surface area contributed by atoms with E-state index in [9.17, 15) is 10.1 Å². The zero-order valence-electron chi connectivity index (χ0n) is 17.1. The average Bonchev–Trinajstić information content (AvgIpc) is 2.93. The summed E-state index contributed by atoms with van der Waals surface area (Å²) in [6, 6.07) is 9.85. The fourth-order valence-corrected chi connectivity index (χ4v) is 3.71. The number of nitrogens with zero attached hydrogens (tertiary/aromatic N) is 3. The van der Waals surface area contributed by atoms with Crippen LogP contribution in [0.5, 0.6) is 5.75 Å². The number of carbonyl (C=O) groups is 1. The standard InChI is InChI=1S/C22H28N4O2/c1-15-9-11-25(12-10-15)14-21(27)24-22-20(13-23)16(2)17(3)26(22)18-5-7-19(28-4)8-6-18/h5-8,15H,9-12,14H2,1-4H3,(H,24,27). The van der Waals surface area contributed by atoms with E-state index < -0.39 is 0 Å². The van der Waals surface area contributed by atoms with Crippen LogP contribution >= 0.6 is 0 Å². The first-order valence-electron chi connectivity index (χ1n) is 9.73. The molecule has 6 nitrogen and oxygen atoms in total. The van der Waals surface area contributed by atoms with Crippen molar-refractivity contribution in [2.24, 2.45) is 5.92 Å². The highest BCUT2D eigenvalue weighted by atomic mass is 16.5. The normalized spacial score (nSPS) is 15.2. The highest BCUT2D eigenvalue weighted by Gasteiger charge is 2.23. The Morgan fingerprint density at radius 2 is 1.89 bits per heavy atom. The van der Waals surface area contributed by atoms with Gasteiger partial charge in [-0.3, -0.25) is 14.3 Å². The lowest BCUT2D eigenvalue weighted by molar-refractivity contribution is -0.117. The van der Waals surface area contributed by atoms with Gasteiger partial charge in [0.05, 0.1) is 19.2 Å². The molecule has 0 saturated carbocycles. The lowest BCUT2D eigenvalue weighted by Gasteiger charge is -2.29. The molecule has 0 spiro atoms. The van der Waals surface area contributed by atoms with Crippen LogP contribution in [0.2, 0.25) is 0 Å². The Balaban J connectivity index is 1.87. The van der Waals surface area contributed by atoms with Gasteiger partial charge in [0, 0.05) is 11.4 Å². The van der Waals surface area contributed by atoms with Crippen LogP contribution in [0.25, 0.3) is 5.69 Å². The quantitative estimate of drug-likeness (QED) is 0.860. The van der Waals surface area contributed by atoms with Crippen LogP contribution in [-0.4, -0.2) is 42.1 Å². The van der Waals surface area contributed by atoms with Crippen LogP contribution in [0.1, 0.15) is 36.6 Å². The van der Waals surface area contributed by atoms with Crippen LogP contribution in [-0.2, 0) is 4.79 Å². The molecule has 1 aromatic heterocycles. The van der Waals surface area contributed by atoms with Crippen molar-refractivity contribution in [2.45, 2.75) is 33.6 Å². The number of nitrogens with one attached hydrogen (secondary N) is 1. The van der Waals surface area contributed by atoms with E-state index in [1.807, 2.05) is 42.7 Å². The second kappa shape index (κ2) is 8.49. The fraction of sp³-hybridized carbons (Fsp3) is 0.455. The molecule has 1 saturated heterocycles. The molecule has 6 heteroatoms. The third-order valence-corrected chi connectivity index (χ3v) is 5.66. The van der Waals surface area contributed by atoms with Crippen molar-refractivity contribution >= 4 is 11.7 Å². The number of amides is 1. The first kappa shape index (κ1) is 20.0. The molecule has 1 aliphatic heterocycles. The molecule has 0 radical (unpaired) electrons. The lowest BCUT2D eigenvalue weighted by atomic mass is 9.99. The topological polar surface area (TPSA) is 70.3 Å². The number of hydrogen-bond acceptors (Lipinski definition) is 4. The number of benzene rings is 1. The first-order chi connectivity index (χ1) is 13.4. The number of methoxy groups -OCH3 is 1. The molecule has 0 atom stereocenters. The molecular formula is C22H28N4O2. The van der Waals surface area contributed by atoms with Crippen molar-refractivity contribution < 1.29 is 9.53 Å². The molecule has 28 heavy (non-hydrogen) atoms. The van der Waals surface area contributed by atoms with E-state index in [0.29, 0.717) is 17.9 Å². The molecule has 1 aliphatic rings. The van der Waals surface area contributed by atoms with Crippen molar-refractivity contribution in [3.05, 3.63) is 41.1 Å². The Labute approximate surface area is 166 Å². The van der Waals surface area contributed by atoms with E-state index in [1.165, 1.54) is 0 Å². The first-order valence-corrected chi connectivity index (χ1v) is 9.73. The Hall–Kier alpha value is -2.78. The molecule has 0 aliphatic carbocycles. The van der Waals surface area contributed by atoms with Gasteiger partial charge in [0.1, 0.15) is 17.6 Å². The number of anilines is 1. The Morgan fingerprint density at radius 1 is 1.25 bits per heavy atom. The van der Waals surface area contributed by atoms with Gasteiger partial charge in [-0.2, -0.15) is 5.26 Å².